The second kappa shape index (κ2) is 5.54. The molecule has 4 nitrogen and oxygen atoms in total. The van der Waals surface area contributed by atoms with Gasteiger partial charge in [-0.3, -0.25) is 4.79 Å². The summed E-state index contributed by atoms with van der Waals surface area (Å²) in [6, 6.07) is 0.383. The molecular formula is C17H31NO3. The van der Waals surface area contributed by atoms with Gasteiger partial charge in [-0.05, 0) is 60.8 Å². The van der Waals surface area contributed by atoms with Gasteiger partial charge in [0, 0.05) is 18.0 Å². The van der Waals surface area contributed by atoms with Gasteiger partial charge in [-0.2, -0.15) is 0 Å². The molecule has 2 heterocycles. The van der Waals surface area contributed by atoms with Gasteiger partial charge in [0.1, 0.15) is 6.10 Å². The molecule has 2 saturated heterocycles. The summed E-state index contributed by atoms with van der Waals surface area (Å²) >= 11 is 0. The molecule has 0 radical (unpaired) electrons. The van der Waals surface area contributed by atoms with E-state index in [4.69, 9.17) is 9.47 Å². The van der Waals surface area contributed by atoms with Crippen LogP contribution >= 0.6 is 0 Å². The van der Waals surface area contributed by atoms with Crippen LogP contribution in [0.5, 0.6) is 0 Å². The van der Waals surface area contributed by atoms with Gasteiger partial charge >= 0.3 is 5.97 Å². The van der Waals surface area contributed by atoms with Crippen molar-refractivity contribution in [1.29, 1.82) is 0 Å². The maximum Gasteiger partial charge on any atom is 0.311 e. The number of nitrogens with one attached hydrogen (secondary N) is 1. The van der Waals surface area contributed by atoms with Crippen LogP contribution in [0.25, 0.3) is 0 Å². The van der Waals surface area contributed by atoms with E-state index in [1.54, 1.807) is 0 Å². The van der Waals surface area contributed by atoms with Crippen LogP contribution in [-0.4, -0.2) is 35.9 Å². The predicted molar refractivity (Wildman–Crippen MR) is 83.2 cm³/mol. The second-order valence-electron chi connectivity index (χ2n) is 8.52. The average Bonchev–Trinajstić information content (AvgIpc) is 3.03. The smallest absolute Gasteiger partial charge is 0.311 e. The third kappa shape index (κ3) is 4.68. The molecule has 0 aliphatic carbocycles. The van der Waals surface area contributed by atoms with Crippen LogP contribution in [0.15, 0.2) is 0 Å². The zero-order chi connectivity index (χ0) is 15.9. The van der Waals surface area contributed by atoms with Gasteiger partial charge in [0.15, 0.2) is 0 Å². The van der Waals surface area contributed by atoms with Crippen molar-refractivity contribution in [2.75, 3.05) is 6.61 Å². The van der Waals surface area contributed by atoms with E-state index in [0.29, 0.717) is 6.04 Å². The molecule has 0 saturated carbocycles. The van der Waals surface area contributed by atoms with E-state index in [-0.39, 0.29) is 23.2 Å². The van der Waals surface area contributed by atoms with Crippen LogP contribution < -0.4 is 5.32 Å². The number of hydrogen-bond acceptors (Lipinski definition) is 4. The number of esters is 1. The topological polar surface area (TPSA) is 50.9 Å². The molecule has 0 spiro atoms. The first-order valence-electron chi connectivity index (χ1n) is 8.14. The molecule has 0 bridgehead atoms. The van der Waals surface area contributed by atoms with Crippen molar-refractivity contribution >= 4 is 5.97 Å². The highest BCUT2D eigenvalue weighted by Gasteiger charge is 2.43. The number of carbonyl (C=O) groups excluding carboxylic acids is 1. The van der Waals surface area contributed by atoms with Crippen molar-refractivity contribution in [3.05, 3.63) is 0 Å². The minimum absolute atomic E-state index is 0.00279. The Hall–Kier alpha value is -0.610. The maximum atomic E-state index is 12.5. The lowest BCUT2D eigenvalue weighted by Gasteiger charge is -2.40. The van der Waals surface area contributed by atoms with Crippen molar-refractivity contribution in [1.82, 2.24) is 5.32 Å². The van der Waals surface area contributed by atoms with Crippen molar-refractivity contribution in [2.24, 2.45) is 5.41 Å². The largest absolute Gasteiger partial charge is 0.462 e. The fourth-order valence-electron chi connectivity index (χ4n) is 3.18. The van der Waals surface area contributed by atoms with Gasteiger partial charge in [0.05, 0.1) is 17.6 Å². The van der Waals surface area contributed by atoms with Crippen LogP contribution in [-0.2, 0) is 14.3 Å². The molecule has 1 N–H and O–H groups in total. The summed E-state index contributed by atoms with van der Waals surface area (Å²) in [7, 11) is 0. The van der Waals surface area contributed by atoms with Gasteiger partial charge in [-0.1, -0.05) is 0 Å². The van der Waals surface area contributed by atoms with E-state index < -0.39 is 5.41 Å². The molecule has 0 aromatic carbocycles. The van der Waals surface area contributed by atoms with Gasteiger partial charge in [0.2, 0.25) is 0 Å². The molecule has 4 heteroatoms. The van der Waals surface area contributed by atoms with Crippen molar-refractivity contribution in [3.63, 3.8) is 0 Å². The third-order valence-electron chi connectivity index (χ3n) is 4.73. The van der Waals surface area contributed by atoms with Gasteiger partial charge in [-0.15, -0.1) is 0 Å². The zero-order valence-electron chi connectivity index (χ0n) is 14.4. The number of epoxide rings is 1. The summed E-state index contributed by atoms with van der Waals surface area (Å²) < 4.78 is 11.2. The lowest BCUT2D eigenvalue weighted by atomic mass is 9.84. The summed E-state index contributed by atoms with van der Waals surface area (Å²) in [4.78, 5) is 12.5. The summed E-state index contributed by atoms with van der Waals surface area (Å²) in [5.74, 6) is -0.0679. The van der Waals surface area contributed by atoms with Crippen LogP contribution in [0.4, 0.5) is 0 Å². The highest BCUT2D eigenvalue weighted by atomic mass is 16.6. The number of carbonyl (C=O) groups is 1. The average molecular weight is 297 g/mol. The Morgan fingerprint density at radius 2 is 2.00 bits per heavy atom. The number of piperidine rings is 1. The molecule has 3 unspecified atom stereocenters. The van der Waals surface area contributed by atoms with Crippen molar-refractivity contribution < 1.29 is 14.3 Å². The third-order valence-corrected chi connectivity index (χ3v) is 4.73. The molecule has 2 aliphatic heterocycles. The van der Waals surface area contributed by atoms with Crippen molar-refractivity contribution in [2.45, 2.75) is 90.5 Å². The highest BCUT2D eigenvalue weighted by molar-refractivity contribution is 5.76. The molecule has 2 fully saturated rings. The molecule has 2 aliphatic rings. The first-order valence-corrected chi connectivity index (χ1v) is 8.14. The Morgan fingerprint density at radius 3 is 2.52 bits per heavy atom. The molecular weight excluding hydrogens is 266 g/mol. The predicted octanol–water partition coefficient (Wildman–Crippen LogP) is 3.04. The summed E-state index contributed by atoms with van der Waals surface area (Å²) in [5, 5.41) is 3.54. The summed E-state index contributed by atoms with van der Waals surface area (Å²) in [5.41, 5.74) is -0.405. The molecule has 122 valence electrons. The first kappa shape index (κ1) is 16.8. The lowest BCUT2D eigenvalue weighted by molar-refractivity contribution is -0.163. The van der Waals surface area contributed by atoms with E-state index >= 15 is 0 Å². The number of rotatable bonds is 5. The van der Waals surface area contributed by atoms with Crippen LogP contribution in [0, 0.1) is 5.41 Å². The zero-order valence-corrected chi connectivity index (χ0v) is 14.4. The maximum absolute atomic E-state index is 12.5. The highest BCUT2D eigenvalue weighted by Crippen LogP contribution is 2.37. The quantitative estimate of drug-likeness (QED) is 0.626. The summed E-state index contributed by atoms with van der Waals surface area (Å²) in [6.45, 7) is 13.4. The molecule has 21 heavy (non-hydrogen) atoms. The molecule has 0 aromatic rings. The SMILES string of the molecule is CC1CC(OC(=O)C(C)(C)CCC2(C)CO2)CC(C)(C)N1. The van der Waals surface area contributed by atoms with Crippen LogP contribution in [0.3, 0.4) is 0 Å². The second-order valence-corrected chi connectivity index (χ2v) is 8.52. The summed E-state index contributed by atoms with van der Waals surface area (Å²) in [6.07, 6.45) is 3.53. The Bertz CT molecular complexity index is 399. The van der Waals surface area contributed by atoms with Crippen LogP contribution in [0.1, 0.15) is 67.2 Å². The standard InChI is InChI=1S/C17H31NO3/c1-12-9-13(10-16(4,5)18-12)21-14(19)15(2,3)7-8-17(6)11-20-17/h12-13,18H,7-11H2,1-6H3. The molecule has 0 aromatic heterocycles. The van der Waals surface area contributed by atoms with Gasteiger partial charge in [-0.25, -0.2) is 0 Å². The Labute approximate surface area is 129 Å². The van der Waals surface area contributed by atoms with E-state index in [9.17, 15) is 4.79 Å². The molecule has 3 atom stereocenters. The normalized spacial score (nSPS) is 35.3. The fraction of sp³-hybridized carbons (Fsp3) is 0.941. The Morgan fingerprint density at radius 1 is 1.38 bits per heavy atom. The van der Waals surface area contributed by atoms with Gasteiger partial charge in [0.25, 0.3) is 0 Å². The van der Waals surface area contributed by atoms with E-state index in [2.05, 4.69) is 33.0 Å². The number of ether oxygens (including phenoxy) is 2. The first-order chi connectivity index (χ1) is 9.51. The Kier molecular flexibility index (Phi) is 4.42. The Balaban J connectivity index is 1.87. The molecule has 0 amide bonds. The van der Waals surface area contributed by atoms with E-state index in [1.807, 2.05) is 13.8 Å². The van der Waals surface area contributed by atoms with Gasteiger partial charge < -0.3 is 14.8 Å². The van der Waals surface area contributed by atoms with E-state index in [1.165, 1.54) is 0 Å². The molecule has 2 rings (SSSR count). The van der Waals surface area contributed by atoms with E-state index in [0.717, 1.165) is 32.3 Å². The van der Waals surface area contributed by atoms with Crippen molar-refractivity contribution in [3.8, 4) is 0 Å². The van der Waals surface area contributed by atoms with Crippen LogP contribution in [0.2, 0.25) is 0 Å². The minimum Gasteiger partial charge on any atom is -0.462 e. The number of hydrogen-bond donors (Lipinski definition) is 1. The minimum atomic E-state index is -0.437. The monoisotopic (exact) mass is 297 g/mol. The fourth-order valence-corrected chi connectivity index (χ4v) is 3.18. The lowest BCUT2D eigenvalue weighted by Crippen LogP contribution is -2.54.